The number of hydrogen-bond donors (Lipinski definition) is 2. The number of anilines is 1. The van der Waals surface area contributed by atoms with Crippen molar-refractivity contribution in [3.63, 3.8) is 0 Å². The average Bonchev–Trinajstić information content (AvgIpc) is 3.37. The zero-order chi connectivity index (χ0) is 29.7. The second-order valence-corrected chi connectivity index (χ2v) is 10.9. The first-order valence-electron chi connectivity index (χ1n) is 12.0. The number of ether oxygens (including phenoxy) is 5. The van der Waals surface area contributed by atoms with Crippen LogP contribution in [0.2, 0.25) is 0 Å². The molecule has 0 saturated carbocycles. The zero-order valence-corrected chi connectivity index (χ0v) is 23.3. The Kier molecular flexibility index (Phi) is 10.1. The van der Waals surface area contributed by atoms with Gasteiger partial charge in [0.2, 0.25) is 25.4 Å². The predicted molar refractivity (Wildman–Crippen MR) is 131 cm³/mol. The Morgan fingerprint density at radius 2 is 1.75 bits per heavy atom. The summed E-state index contributed by atoms with van der Waals surface area (Å²) in [5, 5.41) is 0. The Morgan fingerprint density at radius 3 is 2.30 bits per heavy atom. The second-order valence-electron chi connectivity index (χ2n) is 9.18. The van der Waals surface area contributed by atoms with Crippen molar-refractivity contribution in [3.05, 3.63) is 16.7 Å². The molecule has 0 spiro atoms. The third-order valence-electron chi connectivity index (χ3n) is 5.05. The highest BCUT2D eigenvalue weighted by molar-refractivity contribution is 7.48. The first-order chi connectivity index (χ1) is 18.7. The Morgan fingerprint density at radius 1 is 1.18 bits per heavy atom. The molecule has 1 aliphatic rings. The molecule has 224 valence electrons. The molecule has 2 aromatic rings. The molecule has 19 heteroatoms. The summed E-state index contributed by atoms with van der Waals surface area (Å²) in [6.45, 7) is 5.00. The quantitative estimate of drug-likeness (QED) is 0.205. The van der Waals surface area contributed by atoms with E-state index in [4.69, 9.17) is 33.5 Å². The SMILES string of the molecule is CC(C)OC(=O)OCOP(=O)(OCOC(=O)OC(C)C)OC[C@]1(F)C[C@H](C)[C@H](n2cnc3c(=O)[nH]c(N)nc32)O1. The Bertz CT molecular complexity index is 1270. The van der Waals surface area contributed by atoms with Gasteiger partial charge < -0.3 is 29.4 Å². The van der Waals surface area contributed by atoms with Crippen LogP contribution in [0, 0.1) is 5.92 Å². The highest BCUT2D eigenvalue weighted by Crippen LogP contribution is 2.52. The van der Waals surface area contributed by atoms with Crippen molar-refractivity contribution in [2.75, 3.05) is 25.9 Å². The van der Waals surface area contributed by atoms with Crippen molar-refractivity contribution in [2.45, 2.75) is 65.3 Å². The normalized spacial score (nSPS) is 21.2. The first kappa shape index (κ1) is 31.2. The molecule has 17 nitrogen and oxygen atoms in total. The number of imidazole rings is 1. The summed E-state index contributed by atoms with van der Waals surface area (Å²) in [4.78, 5) is 45.6. The van der Waals surface area contributed by atoms with E-state index in [0.717, 1.165) is 0 Å². The van der Waals surface area contributed by atoms with Crippen molar-refractivity contribution in [1.29, 1.82) is 0 Å². The van der Waals surface area contributed by atoms with E-state index in [2.05, 4.69) is 24.4 Å². The number of halogens is 1. The maximum absolute atomic E-state index is 15.7. The molecule has 3 atom stereocenters. The topological polar surface area (TPSA) is 215 Å². The number of aromatic amines is 1. The smallest absolute Gasteiger partial charge is 0.432 e. The number of phosphoric ester groups is 1. The number of carbonyl (C=O) groups is 2. The number of phosphoric acid groups is 1. The van der Waals surface area contributed by atoms with Gasteiger partial charge in [-0.2, -0.15) is 4.98 Å². The van der Waals surface area contributed by atoms with Crippen LogP contribution in [0.4, 0.5) is 19.9 Å². The number of nitrogen functional groups attached to an aromatic ring is 1. The van der Waals surface area contributed by atoms with Crippen LogP contribution in [0.15, 0.2) is 11.1 Å². The van der Waals surface area contributed by atoms with Crippen molar-refractivity contribution in [2.24, 2.45) is 5.92 Å². The number of alkyl halides is 1. The lowest BCUT2D eigenvalue weighted by molar-refractivity contribution is -0.177. The zero-order valence-electron chi connectivity index (χ0n) is 22.4. The summed E-state index contributed by atoms with van der Waals surface area (Å²) in [5.74, 6) is -3.23. The van der Waals surface area contributed by atoms with Crippen LogP contribution < -0.4 is 11.3 Å². The molecule has 0 unspecified atom stereocenters. The molecular weight excluding hydrogens is 564 g/mol. The third-order valence-corrected chi connectivity index (χ3v) is 6.34. The van der Waals surface area contributed by atoms with Gasteiger partial charge in [-0.25, -0.2) is 32.6 Å². The van der Waals surface area contributed by atoms with E-state index < -0.39 is 76.1 Å². The molecule has 2 aromatic heterocycles. The van der Waals surface area contributed by atoms with Crippen LogP contribution in [0.3, 0.4) is 0 Å². The lowest BCUT2D eigenvalue weighted by Gasteiger charge is -2.24. The van der Waals surface area contributed by atoms with E-state index in [-0.39, 0.29) is 23.5 Å². The summed E-state index contributed by atoms with van der Waals surface area (Å²) < 4.78 is 69.5. The van der Waals surface area contributed by atoms with E-state index in [1.165, 1.54) is 10.9 Å². The molecule has 40 heavy (non-hydrogen) atoms. The lowest BCUT2D eigenvalue weighted by Crippen LogP contribution is -2.29. The molecule has 1 aliphatic heterocycles. The minimum atomic E-state index is -4.73. The van der Waals surface area contributed by atoms with E-state index in [1.807, 2.05) is 0 Å². The average molecular weight is 595 g/mol. The largest absolute Gasteiger partial charge is 0.510 e. The standard InChI is InChI=1S/C21H31FN5O12P/c1-11(2)37-19(29)32-9-35-40(31,36-10-33-20(30)38-12(3)4)34-7-21(22)6-13(5)17(39-21)27-8-24-14-15(27)25-18(23)26-16(14)28/h8,11-13,17H,6-7,9-10H2,1-5H3,(H3,23,25,26,28)/t13-,17+,21-/m0/s1. The van der Waals surface area contributed by atoms with Gasteiger partial charge in [-0.15, -0.1) is 0 Å². The number of nitrogens with two attached hydrogens (primary N) is 1. The van der Waals surface area contributed by atoms with Gasteiger partial charge >= 0.3 is 20.1 Å². The molecule has 0 radical (unpaired) electrons. The number of aromatic nitrogens is 4. The van der Waals surface area contributed by atoms with Gasteiger partial charge in [-0.3, -0.25) is 18.9 Å². The van der Waals surface area contributed by atoms with E-state index in [1.54, 1.807) is 34.6 Å². The Balaban J connectivity index is 1.68. The number of hydrogen-bond acceptors (Lipinski definition) is 15. The van der Waals surface area contributed by atoms with Crippen molar-refractivity contribution >= 4 is 37.2 Å². The first-order valence-corrected chi connectivity index (χ1v) is 13.5. The van der Waals surface area contributed by atoms with Crippen LogP contribution in [-0.4, -0.2) is 70.1 Å². The molecule has 3 heterocycles. The van der Waals surface area contributed by atoms with Gasteiger partial charge in [-0.1, -0.05) is 6.92 Å². The highest BCUT2D eigenvalue weighted by Gasteiger charge is 2.48. The van der Waals surface area contributed by atoms with Crippen LogP contribution >= 0.6 is 7.82 Å². The van der Waals surface area contributed by atoms with E-state index >= 15 is 4.39 Å². The summed E-state index contributed by atoms with van der Waals surface area (Å²) in [7, 11) is -4.73. The number of nitrogens with zero attached hydrogens (tertiary/aromatic N) is 3. The Hall–Kier alpha value is -3.31. The number of rotatable bonds is 12. The molecule has 0 aromatic carbocycles. The summed E-state index contributed by atoms with van der Waals surface area (Å²) in [6.07, 6.45) is -3.32. The lowest BCUT2D eigenvalue weighted by atomic mass is 10.1. The van der Waals surface area contributed by atoms with E-state index in [9.17, 15) is 18.9 Å². The molecule has 0 aliphatic carbocycles. The molecular formula is C21H31FN5O12P. The number of fused-ring (bicyclic) bond motifs is 1. The van der Waals surface area contributed by atoms with Crippen molar-refractivity contribution in [1.82, 2.24) is 19.5 Å². The molecule has 0 bridgehead atoms. The van der Waals surface area contributed by atoms with Crippen LogP contribution in [-0.2, 0) is 41.8 Å². The molecule has 0 amide bonds. The molecule has 3 N–H and O–H groups in total. The van der Waals surface area contributed by atoms with Crippen molar-refractivity contribution in [3.8, 4) is 0 Å². The minimum Gasteiger partial charge on any atom is -0.432 e. The van der Waals surface area contributed by atoms with Gasteiger partial charge in [0, 0.05) is 12.3 Å². The molecule has 3 rings (SSSR count). The van der Waals surface area contributed by atoms with Crippen molar-refractivity contribution < 1.29 is 55.8 Å². The summed E-state index contributed by atoms with van der Waals surface area (Å²) in [5.41, 5.74) is 5.07. The van der Waals surface area contributed by atoms with Crippen LogP contribution in [0.1, 0.15) is 47.3 Å². The predicted octanol–water partition coefficient (Wildman–Crippen LogP) is 3.12. The fourth-order valence-corrected chi connectivity index (χ4v) is 4.47. The fraction of sp³-hybridized carbons (Fsp3) is 0.667. The van der Waals surface area contributed by atoms with Gasteiger partial charge in [0.25, 0.3) is 5.56 Å². The van der Waals surface area contributed by atoms with Crippen LogP contribution in [0.5, 0.6) is 0 Å². The summed E-state index contributed by atoms with van der Waals surface area (Å²) >= 11 is 0. The maximum Gasteiger partial charge on any atom is 0.510 e. The number of carbonyl (C=O) groups excluding carboxylic acids is 2. The fourth-order valence-electron chi connectivity index (χ4n) is 3.53. The number of H-pyrrole nitrogens is 1. The molecule has 1 saturated heterocycles. The highest BCUT2D eigenvalue weighted by atomic mass is 31.2. The van der Waals surface area contributed by atoms with Gasteiger partial charge in [-0.05, 0) is 27.7 Å². The summed E-state index contributed by atoms with van der Waals surface area (Å²) in [6, 6.07) is 0. The maximum atomic E-state index is 15.7. The van der Waals surface area contributed by atoms with Gasteiger partial charge in [0.15, 0.2) is 11.2 Å². The third kappa shape index (κ3) is 8.34. The van der Waals surface area contributed by atoms with Gasteiger partial charge in [0.1, 0.15) is 12.8 Å². The van der Waals surface area contributed by atoms with Gasteiger partial charge in [0.05, 0.1) is 18.5 Å². The van der Waals surface area contributed by atoms with E-state index in [0.29, 0.717) is 0 Å². The minimum absolute atomic E-state index is 0.0316. The van der Waals surface area contributed by atoms with Crippen LogP contribution in [0.25, 0.3) is 11.2 Å². The Labute approximate surface area is 226 Å². The second kappa shape index (κ2) is 12.9. The molecule has 1 fully saturated rings. The monoisotopic (exact) mass is 595 g/mol. The number of nitrogens with one attached hydrogen (secondary N) is 1.